The summed E-state index contributed by atoms with van der Waals surface area (Å²) in [6.07, 6.45) is 94.6. The summed E-state index contributed by atoms with van der Waals surface area (Å²) >= 11 is 0. The third-order valence-electron chi connectivity index (χ3n) is 19.5. The van der Waals surface area contributed by atoms with E-state index in [1.54, 1.807) is 0 Å². The molecule has 0 unspecified atom stereocenters. The van der Waals surface area contributed by atoms with Crippen molar-refractivity contribution in [3.63, 3.8) is 0 Å². The topological polar surface area (TPSA) is 86.7 Å². The predicted octanol–water partition coefficient (Wildman–Crippen LogP) is 25.1. The Morgan fingerprint density at radius 1 is 0.180 bits per heavy atom. The molecule has 0 saturated carbocycles. The Morgan fingerprint density at radius 2 is 0.281 bits per heavy atom. The van der Waals surface area contributed by atoms with Gasteiger partial charge >= 0.3 is 37.7 Å². The summed E-state index contributed by atoms with van der Waals surface area (Å²) in [5, 5.41) is 21.6. The first-order chi connectivity index (χ1) is 43.4. The van der Waals surface area contributed by atoms with Crippen LogP contribution in [0.15, 0.2) is 0 Å². The molecule has 0 fully saturated rings. The standard InChI is InChI=1S/2C41H83NO2.Ca/c2*1-3-5-7-9-11-13-15-17-19-21-23-25-27-29-31-34-38-42(40-36-33-37-41(43)44)39-35-32-30-28-26-24-22-20-18-16-14-12-10-8-6-4-2;/h2*3-40H2,1-2H3,(H,43,44);/q;;+2/p-2. The number of aliphatic carboxylic acids is 2. The van der Waals surface area contributed by atoms with E-state index in [1.165, 1.54) is 437 Å². The molecular weight excluding hydrogens is 1120 g/mol. The van der Waals surface area contributed by atoms with Crippen LogP contribution in [0.1, 0.15) is 477 Å². The molecule has 0 amide bonds. The van der Waals surface area contributed by atoms with Crippen molar-refractivity contribution in [2.75, 3.05) is 39.3 Å². The second kappa shape index (κ2) is 86.1. The van der Waals surface area contributed by atoms with Crippen molar-refractivity contribution in [1.29, 1.82) is 0 Å². The fourth-order valence-electron chi connectivity index (χ4n) is 13.4. The predicted molar refractivity (Wildman–Crippen MR) is 395 cm³/mol. The molecule has 0 aliphatic heterocycles. The van der Waals surface area contributed by atoms with Gasteiger partial charge in [0.25, 0.3) is 0 Å². The van der Waals surface area contributed by atoms with Crippen LogP contribution in [0.4, 0.5) is 0 Å². The summed E-state index contributed by atoms with van der Waals surface area (Å²) in [6.45, 7) is 16.1. The van der Waals surface area contributed by atoms with E-state index < -0.39 is 11.9 Å². The van der Waals surface area contributed by atoms with E-state index >= 15 is 0 Å². The van der Waals surface area contributed by atoms with E-state index in [-0.39, 0.29) is 50.6 Å². The van der Waals surface area contributed by atoms with Crippen LogP contribution < -0.4 is 10.2 Å². The molecule has 0 aliphatic rings. The van der Waals surface area contributed by atoms with Crippen molar-refractivity contribution in [3.05, 3.63) is 0 Å². The quantitative estimate of drug-likeness (QED) is 0.0445. The molecule has 0 aromatic carbocycles. The Bertz CT molecular complexity index is 1100. The van der Waals surface area contributed by atoms with Gasteiger partial charge in [0.2, 0.25) is 0 Å². The molecule has 7 heteroatoms. The number of unbranched alkanes of at least 4 members (excludes halogenated alkanes) is 62. The number of hydrogen-bond donors (Lipinski definition) is 0. The zero-order chi connectivity index (χ0) is 64.0. The van der Waals surface area contributed by atoms with Crippen molar-refractivity contribution in [2.45, 2.75) is 477 Å². The molecule has 0 radical (unpaired) electrons. The van der Waals surface area contributed by atoms with Gasteiger partial charge in [-0.2, -0.15) is 0 Å². The van der Waals surface area contributed by atoms with Crippen molar-refractivity contribution in [3.8, 4) is 0 Å². The minimum atomic E-state index is -0.896. The van der Waals surface area contributed by atoms with Gasteiger partial charge in [-0.05, 0) is 103 Å². The molecule has 0 N–H and O–H groups in total. The van der Waals surface area contributed by atoms with Gasteiger partial charge in [-0.15, -0.1) is 0 Å². The largest absolute Gasteiger partial charge is 2.00 e. The molecule has 0 bridgehead atoms. The van der Waals surface area contributed by atoms with Crippen LogP contribution >= 0.6 is 0 Å². The second-order valence-corrected chi connectivity index (χ2v) is 28.6. The molecule has 6 nitrogen and oxygen atoms in total. The number of carboxylic acid groups (broad SMARTS) is 2. The van der Waals surface area contributed by atoms with Gasteiger partial charge in [0, 0.05) is 11.9 Å². The van der Waals surface area contributed by atoms with Crippen LogP contribution in [0.2, 0.25) is 0 Å². The molecule has 0 atom stereocenters. The van der Waals surface area contributed by atoms with E-state index in [9.17, 15) is 19.8 Å². The van der Waals surface area contributed by atoms with E-state index in [4.69, 9.17) is 0 Å². The van der Waals surface area contributed by atoms with Gasteiger partial charge in [-0.25, -0.2) is 0 Å². The average molecular weight is 1280 g/mol. The van der Waals surface area contributed by atoms with Gasteiger partial charge in [0.15, 0.2) is 0 Å². The average Bonchev–Trinajstić information content (AvgIpc) is 3.52. The second-order valence-electron chi connectivity index (χ2n) is 28.6. The van der Waals surface area contributed by atoms with E-state index in [0.717, 1.165) is 38.8 Å². The first-order valence-electron chi connectivity index (χ1n) is 41.2. The Kier molecular flexibility index (Phi) is 90.3. The Hall–Kier alpha value is 0.120. The van der Waals surface area contributed by atoms with Crippen molar-refractivity contribution in [1.82, 2.24) is 9.80 Å². The molecule has 89 heavy (non-hydrogen) atoms. The monoisotopic (exact) mass is 1280 g/mol. The molecule has 0 heterocycles. The fraction of sp³-hybridized carbons (Fsp3) is 0.976. The van der Waals surface area contributed by atoms with E-state index in [0.29, 0.717) is 0 Å². The number of carboxylic acids is 2. The third kappa shape index (κ3) is 88.1. The van der Waals surface area contributed by atoms with Crippen LogP contribution in [0, 0.1) is 0 Å². The van der Waals surface area contributed by atoms with Crippen molar-refractivity contribution < 1.29 is 19.8 Å². The normalized spacial score (nSPS) is 11.5. The smallest absolute Gasteiger partial charge is 0.550 e. The molecule has 0 spiro atoms. The molecule has 528 valence electrons. The number of rotatable bonds is 78. The minimum absolute atomic E-state index is 0. The van der Waals surface area contributed by atoms with E-state index in [2.05, 4.69) is 37.5 Å². The molecule has 0 aliphatic carbocycles. The number of hydrogen-bond acceptors (Lipinski definition) is 6. The van der Waals surface area contributed by atoms with Crippen LogP contribution in [0.3, 0.4) is 0 Å². The Labute approximate surface area is 591 Å². The molecule has 0 aromatic rings. The van der Waals surface area contributed by atoms with Gasteiger partial charge in [-0.1, -0.05) is 413 Å². The minimum Gasteiger partial charge on any atom is -0.550 e. The Balaban J connectivity index is -0.00000164. The van der Waals surface area contributed by atoms with E-state index in [1.807, 2.05) is 0 Å². The zero-order valence-corrected chi connectivity index (χ0v) is 64.2. The van der Waals surface area contributed by atoms with Gasteiger partial charge in [-0.3, -0.25) is 0 Å². The maximum absolute atomic E-state index is 10.8. The van der Waals surface area contributed by atoms with Gasteiger partial charge in [0.05, 0.1) is 0 Å². The summed E-state index contributed by atoms with van der Waals surface area (Å²) in [4.78, 5) is 26.8. The molecular formula is C82H164CaN2O4. The molecule has 0 aromatic heterocycles. The zero-order valence-electron chi connectivity index (χ0n) is 62.0. The van der Waals surface area contributed by atoms with Crippen LogP contribution in [-0.2, 0) is 9.59 Å². The maximum Gasteiger partial charge on any atom is 2.00 e. The third-order valence-corrected chi connectivity index (χ3v) is 19.5. The van der Waals surface area contributed by atoms with Crippen LogP contribution in [0.5, 0.6) is 0 Å². The first kappa shape index (κ1) is 93.3. The maximum atomic E-state index is 10.8. The molecule has 0 saturated heterocycles. The van der Waals surface area contributed by atoms with Crippen LogP contribution in [-0.4, -0.2) is 98.7 Å². The van der Waals surface area contributed by atoms with Crippen LogP contribution in [0.25, 0.3) is 0 Å². The first-order valence-corrected chi connectivity index (χ1v) is 41.2. The van der Waals surface area contributed by atoms with Crippen molar-refractivity contribution >= 4 is 49.7 Å². The van der Waals surface area contributed by atoms with Gasteiger partial charge < -0.3 is 29.6 Å². The summed E-state index contributed by atoms with van der Waals surface area (Å²) in [7, 11) is 0. The number of nitrogens with zero attached hydrogens (tertiary/aromatic N) is 2. The molecule has 0 rings (SSSR count). The van der Waals surface area contributed by atoms with Crippen molar-refractivity contribution in [2.24, 2.45) is 0 Å². The summed E-state index contributed by atoms with van der Waals surface area (Å²) in [6, 6.07) is 0. The fourth-order valence-corrected chi connectivity index (χ4v) is 13.4. The Morgan fingerprint density at radius 3 is 0.393 bits per heavy atom. The van der Waals surface area contributed by atoms with Gasteiger partial charge in [0.1, 0.15) is 0 Å². The number of carbonyl (C=O) groups is 2. The summed E-state index contributed by atoms with van der Waals surface area (Å²) in [5.41, 5.74) is 0. The summed E-state index contributed by atoms with van der Waals surface area (Å²) < 4.78 is 0. The summed E-state index contributed by atoms with van der Waals surface area (Å²) in [5.74, 6) is -1.79. The number of carbonyl (C=O) groups excluding carboxylic acids is 2. The SMILES string of the molecule is CCCCCCCCCCCCCCCCCCN(CCCCCCCCCCCCCCCCCC)CCCCC(=O)[O-].CCCCCCCCCCCCCCCCCCN(CCCCCCCCCCCCCCCCCC)CCCCC(=O)[O-].[Ca+2].